The van der Waals surface area contributed by atoms with Crippen molar-refractivity contribution in [2.45, 2.75) is 36.1 Å². The van der Waals surface area contributed by atoms with Crippen LogP contribution in [0.15, 0.2) is 137 Å². The van der Waals surface area contributed by atoms with E-state index in [4.69, 9.17) is 4.98 Å². The number of hydrogen-bond acceptors (Lipinski definition) is 4. The zero-order valence-corrected chi connectivity index (χ0v) is 28.9. The van der Waals surface area contributed by atoms with E-state index in [2.05, 4.69) is 163 Å². The van der Waals surface area contributed by atoms with E-state index in [-0.39, 0.29) is 26.6 Å². The number of pyridine rings is 1. The van der Waals surface area contributed by atoms with Crippen LogP contribution in [0.5, 0.6) is 0 Å². The van der Waals surface area contributed by atoms with Crippen LogP contribution in [0.1, 0.15) is 20.8 Å². The molecule has 228 valence electrons. The second kappa shape index (κ2) is 12.1. The van der Waals surface area contributed by atoms with E-state index in [1.54, 1.807) is 11.8 Å². The molecule has 3 heterocycles. The SMILES string of the molecule is CC(C)(C)N1CN(c2[c-]c(Sc3[c-]c4c(cc3)c3ccccc3n4-c3cc(-c4ccccc4)ccn3)ccc2)c2ccccc21.[Pt+2]. The Balaban J connectivity index is 0.00000338. The number of hydrogen-bond donors (Lipinski definition) is 0. The van der Waals surface area contributed by atoms with E-state index in [1.165, 1.54) is 22.3 Å². The molecule has 5 aromatic carbocycles. The van der Waals surface area contributed by atoms with Crippen molar-refractivity contribution in [3.63, 3.8) is 0 Å². The topological polar surface area (TPSA) is 24.3 Å². The maximum atomic E-state index is 4.84. The summed E-state index contributed by atoms with van der Waals surface area (Å²) in [6.45, 7) is 7.59. The van der Waals surface area contributed by atoms with Crippen molar-refractivity contribution < 1.29 is 21.1 Å². The molecule has 1 aliphatic rings. The Bertz CT molecular complexity index is 2180. The molecule has 46 heavy (non-hydrogen) atoms. The van der Waals surface area contributed by atoms with Gasteiger partial charge in [-0.15, -0.1) is 45.1 Å². The summed E-state index contributed by atoms with van der Waals surface area (Å²) < 4.78 is 2.24. The number of para-hydroxylation sites is 3. The predicted molar refractivity (Wildman–Crippen MR) is 188 cm³/mol. The Morgan fingerprint density at radius 2 is 1.41 bits per heavy atom. The largest absolute Gasteiger partial charge is 2.00 e. The van der Waals surface area contributed by atoms with Gasteiger partial charge < -0.3 is 14.4 Å². The van der Waals surface area contributed by atoms with Gasteiger partial charge in [-0.2, -0.15) is 24.3 Å². The summed E-state index contributed by atoms with van der Waals surface area (Å²) in [5.41, 5.74) is 7.99. The standard InChI is InChI=1S/C40H32N4S.Pt/c1-40(2,3)43-27-42(36-18-9-10-19-37(36)43)30-14-11-15-31(25-30)45-32-20-21-34-33-16-7-8-17-35(33)44(38(34)26-32)39-24-29(22-23-41-39)28-12-5-4-6-13-28;/h4-24H,27H2,1-3H3;/q-2;+2. The molecule has 8 rings (SSSR count). The molecule has 0 fully saturated rings. The first kappa shape index (κ1) is 30.3. The van der Waals surface area contributed by atoms with E-state index >= 15 is 0 Å². The van der Waals surface area contributed by atoms with Crippen molar-refractivity contribution in [3.05, 3.63) is 140 Å². The average Bonchev–Trinajstić information content (AvgIpc) is 3.62. The maximum absolute atomic E-state index is 4.84. The molecule has 0 N–H and O–H groups in total. The number of anilines is 3. The molecule has 0 saturated carbocycles. The Hall–Kier alpha value is -4.31. The molecule has 0 atom stereocenters. The van der Waals surface area contributed by atoms with E-state index in [9.17, 15) is 0 Å². The van der Waals surface area contributed by atoms with Gasteiger partial charge in [0.05, 0.1) is 18.0 Å². The summed E-state index contributed by atoms with van der Waals surface area (Å²) in [5, 5.41) is 2.35. The van der Waals surface area contributed by atoms with E-state index in [0.29, 0.717) is 0 Å². The van der Waals surface area contributed by atoms with Gasteiger partial charge in [-0.25, -0.2) is 4.98 Å². The number of fused-ring (bicyclic) bond motifs is 4. The van der Waals surface area contributed by atoms with Crippen molar-refractivity contribution in [2.24, 2.45) is 0 Å². The fraction of sp³-hybridized carbons (Fsp3) is 0.125. The summed E-state index contributed by atoms with van der Waals surface area (Å²) in [6, 6.07) is 50.2. The monoisotopic (exact) mass is 795 g/mol. The quantitative estimate of drug-likeness (QED) is 0.162. The van der Waals surface area contributed by atoms with E-state index < -0.39 is 0 Å². The van der Waals surface area contributed by atoms with E-state index in [0.717, 1.165) is 49.9 Å². The first-order chi connectivity index (χ1) is 21.9. The predicted octanol–water partition coefficient (Wildman–Crippen LogP) is 10.3. The Morgan fingerprint density at radius 3 is 2.24 bits per heavy atom. The molecule has 0 radical (unpaired) electrons. The molecule has 0 amide bonds. The molecule has 6 heteroatoms. The summed E-state index contributed by atoms with van der Waals surface area (Å²) in [4.78, 5) is 11.8. The van der Waals surface area contributed by atoms with Crippen molar-refractivity contribution >= 4 is 50.6 Å². The van der Waals surface area contributed by atoms with Gasteiger partial charge in [0.25, 0.3) is 0 Å². The molecule has 0 spiro atoms. The van der Waals surface area contributed by atoms with Crippen LogP contribution in [0.4, 0.5) is 17.1 Å². The molecule has 1 aliphatic heterocycles. The van der Waals surface area contributed by atoms with Gasteiger partial charge >= 0.3 is 21.1 Å². The fourth-order valence-electron chi connectivity index (χ4n) is 6.29. The molecule has 0 saturated heterocycles. The van der Waals surface area contributed by atoms with Gasteiger partial charge in [-0.3, -0.25) is 0 Å². The third kappa shape index (κ3) is 5.42. The summed E-state index contributed by atoms with van der Waals surface area (Å²) in [6.07, 6.45) is 1.90. The minimum atomic E-state index is 0. The zero-order valence-electron chi connectivity index (χ0n) is 25.8. The molecule has 0 aliphatic carbocycles. The molecule has 0 bridgehead atoms. The third-order valence-electron chi connectivity index (χ3n) is 8.46. The fourth-order valence-corrected chi connectivity index (χ4v) is 7.11. The minimum Gasteiger partial charge on any atom is -0.347 e. The Morgan fingerprint density at radius 1 is 0.674 bits per heavy atom. The van der Waals surface area contributed by atoms with Gasteiger partial charge in [0.2, 0.25) is 0 Å². The summed E-state index contributed by atoms with van der Waals surface area (Å²) in [7, 11) is 0. The summed E-state index contributed by atoms with van der Waals surface area (Å²) in [5.74, 6) is 0.880. The minimum absolute atomic E-state index is 0. The van der Waals surface area contributed by atoms with Gasteiger partial charge in [-0.05, 0) is 67.6 Å². The smallest absolute Gasteiger partial charge is 0.347 e. The summed E-state index contributed by atoms with van der Waals surface area (Å²) >= 11 is 1.69. The van der Waals surface area contributed by atoms with Crippen LogP contribution in [0.2, 0.25) is 0 Å². The van der Waals surface area contributed by atoms with E-state index in [1.807, 2.05) is 12.3 Å². The van der Waals surface area contributed by atoms with Gasteiger partial charge in [-0.1, -0.05) is 71.9 Å². The van der Waals surface area contributed by atoms with Crippen LogP contribution in [0, 0.1) is 12.1 Å². The number of rotatable bonds is 5. The van der Waals surface area contributed by atoms with Gasteiger partial charge in [0.15, 0.2) is 0 Å². The van der Waals surface area contributed by atoms with Crippen LogP contribution in [0.3, 0.4) is 0 Å². The normalized spacial score (nSPS) is 12.8. The van der Waals surface area contributed by atoms with Crippen molar-refractivity contribution in [1.29, 1.82) is 0 Å². The number of nitrogens with zero attached hydrogens (tertiary/aromatic N) is 4. The van der Waals surface area contributed by atoms with Crippen LogP contribution in [0.25, 0.3) is 38.8 Å². The molecular weight excluding hydrogens is 764 g/mol. The second-order valence-electron chi connectivity index (χ2n) is 12.4. The van der Waals surface area contributed by atoms with Crippen molar-refractivity contribution in [1.82, 2.24) is 9.55 Å². The average molecular weight is 796 g/mol. The van der Waals surface area contributed by atoms with Gasteiger partial charge in [0.1, 0.15) is 5.82 Å². The molecular formula is C40H32N4PtS. The van der Waals surface area contributed by atoms with Crippen molar-refractivity contribution in [3.8, 4) is 16.9 Å². The second-order valence-corrected chi connectivity index (χ2v) is 13.4. The van der Waals surface area contributed by atoms with Crippen molar-refractivity contribution in [2.75, 3.05) is 16.5 Å². The Kier molecular flexibility index (Phi) is 8.00. The molecule has 4 nitrogen and oxygen atoms in total. The van der Waals surface area contributed by atoms with Crippen LogP contribution in [-0.2, 0) is 21.1 Å². The molecule has 7 aromatic rings. The zero-order chi connectivity index (χ0) is 30.5. The van der Waals surface area contributed by atoms with Gasteiger partial charge in [0, 0.05) is 17.3 Å². The van der Waals surface area contributed by atoms with Crippen LogP contribution < -0.4 is 9.80 Å². The number of aromatic nitrogens is 2. The third-order valence-corrected chi connectivity index (χ3v) is 9.37. The number of benzene rings is 5. The molecule has 0 unspecified atom stereocenters. The first-order valence-corrected chi connectivity index (χ1v) is 16.1. The maximum Gasteiger partial charge on any atom is 2.00 e. The first-order valence-electron chi connectivity index (χ1n) is 15.3. The van der Waals surface area contributed by atoms with Crippen LogP contribution in [-0.4, -0.2) is 21.8 Å². The molecule has 2 aromatic heterocycles. The Labute approximate surface area is 289 Å². The van der Waals surface area contributed by atoms with Crippen LogP contribution >= 0.6 is 11.8 Å².